The Kier molecular flexibility index (Phi) is 6.84. The summed E-state index contributed by atoms with van der Waals surface area (Å²) in [6.07, 6.45) is 0.00783. The van der Waals surface area contributed by atoms with Crippen molar-refractivity contribution in [1.29, 1.82) is 0 Å². The standard InChI is InChI=1S/C21H22FN3O5/c1-2-29-18-10-6-4-8-16(18)25-12-14(11-20(25)27)21(28)24-23-19(26)13-30-17-9-5-3-7-15(17)22/h3-10,14H,2,11-13H2,1H3,(H,23,26)(H,24,28)/t14-/m0/s1. The van der Waals surface area contributed by atoms with Crippen LogP contribution in [0.25, 0.3) is 0 Å². The minimum atomic E-state index is -0.658. The molecule has 0 saturated carbocycles. The van der Waals surface area contributed by atoms with Gasteiger partial charge in [0, 0.05) is 13.0 Å². The van der Waals surface area contributed by atoms with Gasteiger partial charge < -0.3 is 14.4 Å². The molecule has 0 spiro atoms. The van der Waals surface area contributed by atoms with Gasteiger partial charge in [0.15, 0.2) is 18.2 Å². The van der Waals surface area contributed by atoms with Crippen molar-refractivity contribution in [3.8, 4) is 11.5 Å². The summed E-state index contributed by atoms with van der Waals surface area (Å²) in [5.74, 6) is -2.10. The number of amides is 3. The minimum absolute atomic E-state index is 0.00783. The van der Waals surface area contributed by atoms with Gasteiger partial charge >= 0.3 is 0 Å². The van der Waals surface area contributed by atoms with Gasteiger partial charge in [-0.25, -0.2) is 4.39 Å². The Morgan fingerprint density at radius 1 is 1.07 bits per heavy atom. The molecule has 9 heteroatoms. The third-order valence-electron chi connectivity index (χ3n) is 4.47. The van der Waals surface area contributed by atoms with Crippen molar-refractivity contribution in [1.82, 2.24) is 10.9 Å². The summed E-state index contributed by atoms with van der Waals surface area (Å²) >= 11 is 0. The molecule has 0 aliphatic carbocycles. The Balaban J connectivity index is 1.51. The predicted octanol–water partition coefficient (Wildman–Crippen LogP) is 1.80. The Morgan fingerprint density at radius 2 is 1.77 bits per heavy atom. The minimum Gasteiger partial charge on any atom is -0.492 e. The summed E-state index contributed by atoms with van der Waals surface area (Å²) in [7, 11) is 0. The number of para-hydroxylation sites is 3. The van der Waals surface area contributed by atoms with Crippen LogP contribution in [0.3, 0.4) is 0 Å². The molecule has 1 aliphatic heterocycles. The Hall–Kier alpha value is -3.62. The average Bonchev–Trinajstić information content (AvgIpc) is 3.13. The number of benzene rings is 2. The van der Waals surface area contributed by atoms with Crippen molar-refractivity contribution in [3.63, 3.8) is 0 Å². The van der Waals surface area contributed by atoms with E-state index in [0.29, 0.717) is 18.0 Å². The van der Waals surface area contributed by atoms with E-state index < -0.39 is 30.2 Å². The Labute approximate surface area is 172 Å². The monoisotopic (exact) mass is 415 g/mol. The molecule has 158 valence electrons. The van der Waals surface area contributed by atoms with Crippen molar-refractivity contribution < 1.29 is 28.2 Å². The Bertz CT molecular complexity index is 936. The van der Waals surface area contributed by atoms with Gasteiger partial charge in [0.1, 0.15) is 5.75 Å². The van der Waals surface area contributed by atoms with E-state index in [2.05, 4.69) is 10.9 Å². The molecule has 30 heavy (non-hydrogen) atoms. The lowest BCUT2D eigenvalue weighted by Gasteiger charge is -2.20. The summed E-state index contributed by atoms with van der Waals surface area (Å²) in [4.78, 5) is 38.1. The van der Waals surface area contributed by atoms with E-state index in [1.807, 2.05) is 6.92 Å². The normalized spacial score (nSPS) is 15.6. The summed E-state index contributed by atoms with van der Waals surface area (Å²) in [5, 5.41) is 0. The van der Waals surface area contributed by atoms with Crippen LogP contribution in [-0.4, -0.2) is 37.5 Å². The number of anilines is 1. The number of hydrazine groups is 1. The van der Waals surface area contributed by atoms with Crippen LogP contribution in [0.15, 0.2) is 48.5 Å². The van der Waals surface area contributed by atoms with Gasteiger partial charge in [-0.3, -0.25) is 25.2 Å². The first-order valence-electron chi connectivity index (χ1n) is 9.47. The molecule has 2 aromatic rings. The molecule has 0 unspecified atom stereocenters. The number of nitrogens with one attached hydrogen (secondary N) is 2. The van der Waals surface area contributed by atoms with E-state index in [0.717, 1.165) is 0 Å². The topological polar surface area (TPSA) is 97.0 Å². The van der Waals surface area contributed by atoms with Crippen LogP contribution in [0.1, 0.15) is 13.3 Å². The van der Waals surface area contributed by atoms with E-state index >= 15 is 0 Å². The molecule has 1 aliphatic rings. The summed E-state index contributed by atoms with van der Waals surface area (Å²) in [5.41, 5.74) is 5.09. The van der Waals surface area contributed by atoms with Gasteiger partial charge in [0.2, 0.25) is 11.8 Å². The van der Waals surface area contributed by atoms with Gasteiger partial charge in [-0.05, 0) is 31.2 Å². The summed E-state index contributed by atoms with van der Waals surface area (Å²) in [6, 6.07) is 12.8. The van der Waals surface area contributed by atoms with Gasteiger partial charge in [0.05, 0.1) is 18.2 Å². The molecule has 1 heterocycles. The first-order chi connectivity index (χ1) is 14.5. The molecule has 1 saturated heterocycles. The zero-order valence-electron chi connectivity index (χ0n) is 16.4. The van der Waals surface area contributed by atoms with E-state index in [1.54, 1.807) is 30.3 Å². The summed E-state index contributed by atoms with van der Waals surface area (Å²) < 4.78 is 24.1. The molecule has 0 aromatic heterocycles. The second-order valence-electron chi connectivity index (χ2n) is 6.56. The fraction of sp³-hybridized carbons (Fsp3) is 0.286. The van der Waals surface area contributed by atoms with E-state index in [9.17, 15) is 18.8 Å². The van der Waals surface area contributed by atoms with Crippen LogP contribution in [0, 0.1) is 11.7 Å². The number of carbonyl (C=O) groups excluding carboxylic acids is 3. The molecule has 2 N–H and O–H groups in total. The van der Waals surface area contributed by atoms with E-state index in [-0.39, 0.29) is 24.6 Å². The number of ether oxygens (including phenoxy) is 2. The maximum atomic E-state index is 13.5. The van der Waals surface area contributed by atoms with Crippen molar-refractivity contribution in [3.05, 3.63) is 54.3 Å². The molecular weight excluding hydrogens is 393 g/mol. The van der Waals surface area contributed by atoms with Crippen LogP contribution < -0.4 is 25.2 Å². The van der Waals surface area contributed by atoms with Crippen LogP contribution in [0.2, 0.25) is 0 Å². The molecule has 3 rings (SSSR count). The molecule has 0 bridgehead atoms. The number of nitrogens with zero attached hydrogens (tertiary/aromatic N) is 1. The quantitative estimate of drug-likeness (QED) is 0.673. The first kappa shape index (κ1) is 21.1. The zero-order chi connectivity index (χ0) is 21.5. The van der Waals surface area contributed by atoms with Crippen molar-refractivity contribution >= 4 is 23.4 Å². The fourth-order valence-corrected chi connectivity index (χ4v) is 3.05. The van der Waals surface area contributed by atoms with Crippen molar-refractivity contribution in [2.24, 2.45) is 5.92 Å². The predicted molar refractivity (Wildman–Crippen MR) is 106 cm³/mol. The maximum Gasteiger partial charge on any atom is 0.276 e. The van der Waals surface area contributed by atoms with Crippen molar-refractivity contribution in [2.45, 2.75) is 13.3 Å². The third-order valence-corrected chi connectivity index (χ3v) is 4.47. The lowest BCUT2D eigenvalue weighted by molar-refractivity contribution is -0.132. The molecule has 8 nitrogen and oxygen atoms in total. The Morgan fingerprint density at radius 3 is 2.50 bits per heavy atom. The second kappa shape index (κ2) is 9.73. The van der Waals surface area contributed by atoms with Crippen LogP contribution >= 0.6 is 0 Å². The number of carbonyl (C=O) groups is 3. The summed E-state index contributed by atoms with van der Waals surface area (Å²) in [6.45, 7) is 1.98. The number of hydrogen-bond donors (Lipinski definition) is 2. The lowest BCUT2D eigenvalue weighted by Crippen LogP contribution is -2.46. The molecular formula is C21H22FN3O5. The van der Waals surface area contributed by atoms with Gasteiger partial charge in [-0.15, -0.1) is 0 Å². The highest BCUT2D eigenvalue weighted by molar-refractivity contribution is 6.01. The molecule has 1 atom stereocenters. The van der Waals surface area contributed by atoms with Gasteiger partial charge in [0.25, 0.3) is 5.91 Å². The van der Waals surface area contributed by atoms with Crippen LogP contribution in [0.5, 0.6) is 11.5 Å². The molecule has 3 amide bonds. The SMILES string of the molecule is CCOc1ccccc1N1C[C@@H](C(=O)NNC(=O)COc2ccccc2F)CC1=O. The molecule has 2 aromatic carbocycles. The van der Waals surface area contributed by atoms with Crippen LogP contribution in [0.4, 0.5) is 10.1 Å². The maximum absolute atomic E-state index is 13.5. The van der Waals surface area contributed by atoms with E-state index in [4.69, 9.17) is 9.47 Å². The lowest BCUT2D eigenvalue weighted by atomic mass is 10.1. The van der Waals surface area contributed by atoms with E-state index in [1.165, 1.54) is 23.1 Å². The average molecular weight is 415 g/mol. The third kappa shape index (κ3) is 5.05. The number of halogens is 1. The largest absolute Gasteiger partial charge is 0.492 e. The highest BCUT2D eigenvalue weighted by atomic mass is 19.1. The van der Waals surface area contributed by atoms with Gasteiger partial charge in [-0.2, -0.15) is 0 Å². The number of hydrogen-bond acceptors (Lipinski definition) is 5. The highest BCUT2D eigenvalue weighted by Crippen LogP contribution is 2.33. The van der Waals surface area contributed by atoms with Gasteiger partial charge in [-0.1, -0.05) is 24.3 Å². The highest BCUT2D eigenvalue weighted by Gasteiger charge is 2.36. The first-order valence-corrected chi connectivity index (χ1v) is 9.47. The smallest absolute Gasteiger partial charge is 0.276 e. The number of rotatable bonds is 7. The van der Waals surface area contributed by atoms with Crippen molar-refractivity contribution in [2.75, 3.05) is 24.7 Å². The molecule has 0 radical (unpaired) electrons. The molecule has 1 fully saturated rings. The van der Waals surface area contributed by atoms with Crippen LogP contribution in [-0.2, 0) is 14.4 Å². The zero-order valence-corrected chi connectivity index (χ0v) is 16.4. The second-order valence-corrected chi connectivity index (χ2v) is 6.56. The fourth-order valence-electron chi connectivity index (χ4n) is 3.05.